The molecule has 2 aromatic rings. The summed E-state index contributed by atoms with van der Waals surface area (Å²) in [6.45, 7) is -0.166. The summed E-state index contributed by atoms with van der Waals surface area (Å²) in [4.78, 5) is 10.0. The Bertz CT molecular complexity index is 550. The van der Waals surface area contributed by atoms with Crippen LogP contribution in [0.15, 0.2) is 34.9 Å². The Labute approximate surface area is 105 Å². The number of benzene rings is 1. The topological polar surface area (TPSA) is 81.2 Å². The second kappa shape index (κ2) is 4.64. The summed E-state index contributed by atoms with van der Waals surface area (Å²) in [5.41, 5.74) is 1.24. The van der Waals surface area contributed by atoms with Crippen molar-refractivity contribution in [1.82, 2.24) is 9.78 Å². The normalized spacial score (nSPS) is 10.5. The Morgan fingerprint density at radius 2 is 2.06 bits per heavy atom. The van der Waals surface area contributed by atoms with Crippen LogP contribution in [0.5, 0.6) is 0 Å². The van der Waals surface area contributed by atoms with Crippen LogP contribution in [0.1, 0.15) is 5.69 Å². The van der Waals surface area contributed by atoms with Crippen molar-refractivity contribution >= 4 is 21.6 Å². The lowest BCUT2D eigenvalue weighted by Crippen LogP contribution is -1.96. The van der Waals surface area contributed by atoms with Crippen LogP contribution in [-0.4, -0.2) is 19.8 Å². The summed E-state index contributed by atoms with van der Waals surface area (Å²) in [6, 6.07) is 6.00. The smallest absolute Gasteiger partial charge is 0.269 e. The highest BCUT2D eigenvalue weighted by Gasteiger charge is 2.08. The third kappa shape index (κ3) is 2.34. The second-order valence-corrected chi connectivity index (χ2v) is 4.15. The van der Waals surface area contributed by atoms with E-state index >= 15 is 0 Å². The van der Waals surface area contributed by atoms with E-state index in [1.54, 1.807) is 23.0 Å². The van der Waals surface area contributed by atoms with E-state index in [1.807, 2.05) is 0 Å². The first-order valence-corrected chi connectivity index (χ1v) is 5.51. The number of nitrogens with zero attached hydrogens (tertiary/aromatic N) is 3. The Morgan fingerprint density at radius 1 is 1.41 bits per heavy atom. The fourth-order valence-electron chi connectivity index (χ4n) is 1.36. The van der Waals surface area contributed by atoms with Crippen molar-refractivity contribution in [3.05, 3.63) is 50.7 Å². The number of hydrogen-bond donors (Lipinski definition) is 1. The molecule has 6 nitrogen and oxygen atoms in total. The molecule has 0 fully saturated rings. The van der Waals surface area contributed by atoms with Crippen LogP contribution in [0.4, 0.5) is 5.69 Å². The maximum Gasteiger partial charge on any atom is 0.269 e. The summed E-state index contributed by atoms with van der Waals surface area (Å²) in [5.74, 6) is 0. The lowest BCUT2D eigenvalue weighted by atomic mass is 10.3. The molecule has 0 bridgehead atoms. The summed E-state index contributed by atoms with van der Waals surface area (Å²) < 4.78 is 2.23. The Kier molecular flexibility index (Phi) is 3.21. The minimum Gasteiger partial charge on any atom is -0.390 e. The number of nitro groups is 1. The third-order valence-electron chi connectivity index (χ3n) is 2.21. The van der Waals surface area contributed by atoms with Gasteiger partial charge in [0.15, 0.2) is 0 Å². The van der Waals surface area contributed by atoms with Crippen molar-refractivity contribution in [3.63, 3.8) is 0 Å². The molecule has 17 heavy (non-hydrogen) atoms. The van der Waals surface area contributed by atoms with E-state index in [0.29, 0.717) is 15.9 Å². The molecule has 0 saturated heterocycles. The number of non-ortho nitro benzene ring substituents is 1. The molecular formula is C10H8BrN3O3. The van der Waals surface area contributed by atoms with E-state index in [4.69, 9.17) is 5.11 Å². The van der Waals surface area contributed by atoms with Gasteiger partial charge in [0.25, 0.3) is 5.69 Å². The minimum atomic E-state index is -0.456. The fraction of sp³-hybridized carbons (Fsp3) is 0.100. The quantitative estimate of drug-likeness (QED) is 0.694. The zero-order valence-electron chi connectivity index (χ0n) is 8.58. The summed E-state index contributed by atoms with van der Waals surface area (Å²) in [6.07, 6.45) is 1.69. The van der Waals surface area contributed by atoms with E-state index in [-0.39, 0.29) is 12.3 Å². The molecule has 0 atom stereocenters. The van der Waals surface area contributed by atoms with E-state index in [2.05, 4.69) is 21.0 Å². The average Bonchev–Trinajstić information content (AvgIpc) is 2.70. The molecular weight excluding hydrogens is 290 g/mol. The van der Waals surface area contributed by atoms with Gasteiger partial charge in [0.1, 0.15) is 5.69 Å². The van der Waals surface area contributed by atoms with Gasteiger partial charge in [-0.3, -0.25) is 10.1 Å². The Hall–Kier alpha value is -1.73. The van der Waals surface area contributed by atoms with Gasteiger partial charge in [-0.15, -0.1) is 0 Å². The van der Waals surface area contributed by atoms with Gasteiger partial charge in [-0.25, -0.2) is 4.68 Å². The average molecular weight is 298 g/mol. The highest BCUT2D eigenvalue weighted by Crippen LogP contribution is 2.19. The standard InChI is InChI=1S/C10H8BrN3O3/c11-9-5-13(12-10(9)6-15)7-1-3-8(4-2-7)14(16)17/h1-5,15H,6H2. The van der Waals surface area contributed by atoms with Crippen LogP contribution in [0, 0.1) is 10.1 Å². The van der Waals surface area contributed by atoms with E-state index < -0.39 is 4.92 Å². The minimum absolute atomic E-state index is 0.0300. The van der Waals surface area contributed by atoms with Crippen molar-refractivity contribution in [3.8, 4) is 5.69 Å². The molecule has 0 aliphatic heterocycles. The number of aliphatic hydroxyl groups excluding tert-OH is 1. The van der Waals surface area contributed by atoms with Gasteiger partial charge in [-0.05, 0) is 28.1 Å². The monoisotopic (exact) mass is 297 g/mol. The second-order valence-electron chi connectivity index (χ2n) is 3.30. The molecule has 88 valence electrons. The number of rotatable bonds is 3. The van der Waals surface area contributed by atoms with Crippen molar-refractivity contribution in [2.75, 3.05) is 0 Å². The first kappa shape index (κ1) is 11.7. The van der Waals surface area contributed by atoms with Gasteiger partial charge in [0, 0.05) is 18.3 Å². The van der Waals surface area contributed by atoms with Gasteiger partial charge in [0.05, 0.1) is 21.7 Å². The van der Waals surface area contributed by atoms with Gasteiger partial charge in [0.2, 0.25) is 0 Å². The summed E-state index contributed by atoms with van der Waals surface area (Å²) >= 11 is 3.26. The van der Waals surface area contributed by atoms with E-state index in [1.165, 1.54) is 12.1 Å². The molecule has 0 spiro atoms. The first-order chi connectivity index (χ1) is 8.11. The number of aliphatic hydroxyl groups is 1. The zero-order valence-corrected chi connectivity index (χ0v) is 10.2. The molecule has 0 aliphatic carbocycles. The highest BCUT2D eigenvalue weighted by molar-refractivity contribution is 9.10. The van der Waals surface area contributed by atoms with Crippen molar-refractivity contribution < 1.29 is 10.0 Å². The molecule has 2 rings (SSSR count). The van der Waals surface area contributed by atoms with Gasteiger partial charge < -0.3 is 5.11 Å². The molecule has 7 heteroatoms. The number of hydrogen-bond acceptors (Lipinski definition) is 4. The molecule has 0 unspecified atom stereocenters. The van der Waals surface area contributed by atoms with Crippen LogP contribution < -0.4 is 0 Å². The lowest BCUT2D eigenvalue weighted by molar-refractivity contribution is -0.384. The van der Waals surface area contributed by atoms with Crippen LogP contribution in [0.25, 0.3) is 5.69 Å². The van der Waals surface area contributed by atoms with Crippen molar-refractivity contribution in [2.45, 2.75) is 6.61 Å². The molecule has 0 saturated carbocycles. The maximum atomic E-state index is 10.5. The largest absolute Gasteiger partial charge is 0.390 e. The number of halogens is 1. The predicted octanol–water partition coefficient (Wildman–Crippen LogP) is 2.04. The van der Waals surface area contributed by atoms with E-state index in [0.717, 1.165) is 0 Å². The first-order valence-electron chi connectivity index (χ1n) is 4.71. The molecule has 1 aromatic heterocycles. The SMILES string of the molecule is O=[N+]([O-])c1ccc(-n2cc(Br)c(CO)n2)cc1. The van der Waals surface area contributed by atoms with Crippen LogP contribution in [0.2, 0.25) is 0 Å². The van der Waals surface area contributed by atoms with Crippen LogP contribution in [0.3, 0.4) is 0 Å². The predicted molar refractivity (Wildman–Crippen MR) is 63.8 cm³/mol. The van der Waals surface area contributed by atoms with Gasteiger partial charge in [-0.2, -0.15) is 5.10 Å². The Morgan fingerprint density at radius 3 is 2.53 bits per heavy atom. The summed E-state index contributed by atoms with van der Waals surface area (Å²) in [7, 11) is 0. The number of nitro benzene ring substituents is 1. The fourth-order valence-corrected chi connectivity index (χ4v) is 1.75. The molecule has 0 amide bonds. The van der Waals surface area contributed by atoms with Gasteiger partial charge >= 0.3 is 0 Å². The van der Waals surface area contributed by atoms with Crippen LogP contribution in [-0.2, 0) is 6.61 Å². The zero-order chi connectivity index (χ0) is 12.4. The molecule has 0 aliphatic rings. The Balaban J connectivity index is 2.36. The molecule has 1 N–H and O–H groups in total. The summed E-state index contributed by atoms with van der Waals surface area (Å²) in [5, 5.41) is 23.6. The molecule has 1 heterocycles. The lowest BCUT2D eigenvalue weighted by Gasteiger charge is -1.99. The van der Waals surface area contributed by atoms with Crippen LogP contribution >= 0.6 is 15.9 Å². The van der Waals surface area contributed by atoms with Crippen molar-refractivity contribution in [2.24, 2.45) is 0 Å². The van der Waals surface area contributed by atoms with E-state index in [9.17, 15) is 10.1 Å². The van der Waals surface area contributed by atoms with Gasteiger partial charge in [-0.1, -0.05) is 0 Å². The molecule has 0 radical (unpaired) electrons. The molecule has 1 aromatic carbocycles. The number of aromatic nitrogens is 2. The highest BCUT2D eigenvalue weighted by atomic mass is 79.9. The third-order valence-corrected chi connectivity index (χ3v) is 2.88. The maximum absolute atomic E-state index is 10.5. The van der Waals surface area contributed by atoms with Crippen molar-refractivity contribution in [1.29, 1.82) is 0 Å².